The molecule has 1 aliphatic rings. The summed E-state index contributed by atoms with van der Waals surface area (Å²) >= 11 is 1.78. The molecule has 1 aromatic heterocycles. The van der Waals surface area contributed by atoms with E-state index in [9.17, 15) is 0 Å². The lowest BCUT2D eigenvalue weighted by Gasteiger charge is -2.36. The number of thiazole rings is 1. The first-order chi connectivity index (χ1) is 9.41. The van der Waals surface area contributed by atoms with Crippen LogP contribution in [0.15, 0.2) is 5.38 Å². The van der Waals surface area contributed by atoms with Gasteiger partial charge in [-0.15, -0.1) is 11.3 Å². The van der Waals surface area contributed by atoms with Gasteiger partial charge in [0.25, 0.3) is 0 Å². The first-order valence-corrected chi connectivity index (χ1v) is 8.46. The Balaban J connectivity index is 2.12. The van der Waals surface area contributed by atoms with Crippen molar-refractivity contribution >= 4 is 11.3 Å². The highest BCUT2D eigenvalue weighted by Gasteiger charge is 2.41. The maximum Gasteiger partial charge on any atom is 0.0945 e. The summed E-state index contributed by atoms with van der Waals surface area (Å²) < 4.78 is 5.91. The average Bonchev–Trinajstić information content (AvgIpc) is 3.05. The Morgan fingerprint density at radius 1 is 1.40 bits per heavy atom. The summed E-state index contributed by atoms with van der Waals surface area (Å²) in [5.41, 5.74) is 1.34. The Morgan fingerprint density at radius 3 is 2.50 bits per heavy atom. The van der Waals surface area contributed by atoms with Gasteiger partial charge in [-0.25, -0.2) is 4.98 Å². The Bertz CT molecular complexity index is 430. The Hall–Kier alpha value is -0.450. The minimum Gasteiger partial charge on any atom is -0.377 e. The monoisotopic (exact) mass is 296 g/mol. The minimum atomic E-state index is 0.00230. The largest absolute Gasteiger partial charge is 0.377 e. The van der Waals surface area contributed by atoms with Crippen LogP contribution < -0.4 is 5.32 Å². The van der Waals surface area contributed by atoms with E-state index in [2.05, 4.69) is 31.5 Å². The number of hydrogen-bond acceptors (Lipinski definition) is 4. The molecule has 4 heteroatoms. The van der Waals surface area contributed by atoms with Crippen molar-refractivity contribution in [1.82, 2.24) is 10.3 Å². The zero-order chi connectivity index (χ0) is 14.8. The van der Waals surface area contributed by atoms with Crippen LogP contribution in [0.2, 0.25) is 0 Å². The molecule has 1 N–H and O–H groups in total. The Labute approximate surface area is 127 Å². The van der Waals surface area contributed by atoms with E-state index >= 15 is 0 Å². The molecule has 1 aromatic rings. The Kier molecular flexibility index (Phi) is 4.88. The van der Waals surface area contributed by atoms with Gasteiger partial charge < -0.3 is 10.1 Å². The second kappa shape index (κ2) is 6.12. The second-order valence-corrected chi connectivity index (χ2v) is 7.84. The van der Waals surface area contributed by atoms with E-state index in [1.165, 1.54) is 23.5 Å². The van der Waals surface area contributed by atoms with Crippen molar-refractivity contribution in [1.29, 1.82) is 0 Å². The van der Waals surface area contributed by atoms with Crippen LogP contribution >= 0.6 is 11.3 Å². The molecule has 0 saturated heterocycles. The molecule has 2 rings (SSSR count). The molecule has 3 nitrogen and oxygen atoms in total. The zero-order valence-corrected chi connectivity index (χ0v) is 14.3. The van der Waals surface area contributed by atoms with E-state index in [0.717, 1.165) is 19.3 Å². The van der Waals surface area contributed by atoms with Gasteiger partial charge in [-0.3, -0.25) is 0 Å². The molecule has 1 atom stereocenters. The molecule has 0 spiro atoms. The number of aromatic nitrogens is 1. The van der Waals surface area contributed by atoms with Crippen molar-refractivity contribution in [2.75, 3.05) is 14.2 Å². The number of hydrogen-bond donors (Lipinski definition) is 1. The summed E-state index contributed by atoms with van der Waals surface area (Å²) in [6.07, 6.45) is 5.83. The summed E-state index contributed by atoms with van der Waals surface area (Å²) in [7, 11) is 3.90. The SMILES string of the molecule is CNC(Cc1nc(C(C)(C)C)cs1)C1(OC)CCCC1. The normalized spacial score (nSPS) is 20.2. The van der Waals surface area contributed by atoms with E-state index in [0.29, 0.717) is 6.04 Å². The average molecular weight is 296 g/mol. The number of rotatable bonds is 5. The molecule has 0 bridgehead atoms. The van der Waals surface area contributed by atoms with Crippen LogP contribution in [0.1, 0.15) is 57.2 Å². The number of methoxy groups -OCH3 is 1. The molecule has 1 heterocycles. The molecule has 0 aromatic carbocycles. The first kappa shape index (κ1) is 15.9. The lowest BCUT2D eigenvalue weighted by Crippen LogP contribution is -2.50. The van der Waals surface area contributed by atoms with Gasteiger partial charge in [-0.1, -0.05) is 33.6 Å². The molecule has 0 radical (unpaired) electrons. The molecule has 0 aliphatic heterocycles. The molecule has 1 fully saturated rings. The maximum atomic E-state index is 5.91. The first-order valence-electron chi connectivity index (χ1n) is 7.58. The van der Waals surface area contributed by atoms with E-state index < -0.39 is 0 Å². The summed E-state index contributed by atoms with van der Waals surface area (Å²) in [6.45, 7) is 6.65. The topological polar surface area (TPSA) is 34.2 Å². The van der Waals surface area contributed by atoms with Crippen LogP contribution in [0.3, 0.4) is 0 Å². The van der Waals surface area contributed by atoms with E-state index in [4.69, 9.17) is 9.72 Å². The molecule has 1 unspecified atom stereocenters. The highest BCUT2D eigenvalue weighted by molar-refractivity contribution is 7.09. The van der Waals surface area contributed by atoms with Crippen molar-refractivity contribution in [3.63, 3.8) is 0 Å². The van der Waals surface area contributed by atoms with Crippen molar-refractivity contribution in [2.45, 2.75) is 69.9 Å². The van der Waals surface area contributed by atoms with Gasteiger partial charge >= 0.3 is 0 Å². The molecule has 1 aliphatic carbocycles. The Morgan fingerprint density at radius 2 is 2.05 bits per heavy atom. The zero-order valence-electron chi connectivity index (χ0n) is 13.5. The van der Waals surface area contributed by atoms with Crippen LogP contribution in [-0.4, -0.2) is 30.8 Å². The van der Waals surface area contributed by atoms with Crippen molar-refractivity contribution < 1.29 is 4.74 Å². The quantitative estimate of drug-likeness (QED) is 0.902. The summed E-state index contributed by atoms with van der Waals surface area (Å²) in [5.74, 6) is 0. The van der Waals surface area contributed by atoms with Gasteiger partial charge in [0.2, 0.25) is 0 Å². The maximum absolute atomic E-state index is 5.91. The van der Waals surface area contributed by atoms with Gasteiger partial charge in [0.05, 0.1) is 16.3 Å². The van der Waals surface area contributed by atoms with Gasteiger partial charge in [0.1, 0.15) is 0 Å². The smallest absolute Gasteiger partial charge is 0.0945 e. The highest BCUT2D eigenvalue weighted by atomic mass is 32.1. The standard InChI is InChI=1S/C16H28N2OS/c1-15(2,3)13-11-20-14(18-13)10-12(17-4)16(19-5)8-6-7-9-16/h11-12,17H,6-10H2,1-5H3. The van der Waals surface area contributed by atoms with E-state index in [1.807, 2.05) is 14.2 Å². The van der Waals surface area contributed by atoms with E-state index in [-0.39, 0.29) is 11.0 Å². The van der Waals surface area contributed by atoms with Gasteiger partial charge in [-0.2, -0.15) is 0 Å². The fraction of sp³-hybridized carbons (Fsp3) is 0.812. The van der Waals surface area contributed by atoms with Crippen LogP contribution in [0.4, 0.5) is 0 Å². The number of likely N-dealkylation sites (N-methyl/N-ethyl adjacent to an activating group) is 1. The third-order valence-corrected chi connectivity index (χ3v) is 5.41. The second-order valence-electron chi connectivity index (χ2n) is 6.90. The van der Waals surface area contributed by atoms with Crippen LogP contribution in [0.25, 0.3) is 0 Å². The number of nitrogens with one attached hydrogen (secondary N) is 1. The summed E-state index contributed by atoms with van der Waals surface area (Å²) in [5, 5.41) is 6.90. The third kappa shape index (κ3) is 3.23. The van der Waals surface area contributed by atoms with Gasteiger partial charge in [-0.05, 0) is 19.9 Å². The van der Waals surface area contributed by atoms with Crippen LogP contribution in [-0.2, 0) is 16.6 Å². The number of ether oxygens (including phenoxy) is 1. The predicted octanol–water partition coefficient (Wildman–Crippen LogP) is 3.53. The van der Waals surface area contributed by atoms with Gasteiger partial charge in [0, 0.05) is 30.4 Å². The third-order valence-electron chi connectivity index (χ3n) is 4.54. The molecule has 0 amide bonds. The van der Waals surface area contributed by atoms with E-state index in [1.54, 1.807) is 11.3 Å². The van der Waals surface area contributed by atoms with Crippen molar-refractivity contribution in [3.8, 4) is 0 Å². The van der Waals surface area contributed by atoms with Crippen LogP contribution in [0, 0.1) is 0 Å². The summed E-state index contributed by atoms with van der Waals surface area (Å²) in [6, 6.07) is 0.356. The molecule has 20 heavy (non-hydrogen) atoms. The van der Waals surface area contributed by atoms with Crippen molar-refractivity contribution in [2.24, 2.45) is 0 Å². The molecular formula is C16H28N2OS. The predicted molar refractivity (Wildman–Crippen MR) is 85.6 cm³/mol. The van der Waals surface area contributed by atoms with Crippen molar-refractivity contribution in [3.05, 3.63) is 16.1 Å². The van der Waals surface area contributed by atoms with Gasteiger partial charge in [0.15, 0.2) is 0 Å². The summed E-state index contributed by atoms with van der Waals surface area (Å²) in [4.78, 5) is 4.83. The highest BCUT2D eigenvalue weighted by Crippen LogP contribution is 2.37. The fourth-order valence-corrected chi connectivity index (χ4v) is 4.21. The lowest BCUT2D eigenvalue weighted by molar-refractivity contribution is -0.0336. The molecule has 1 saturated carbocycles. The molecule has 114 valence electrons. The lowest BCUT2D eigenvalue weighted by atomic mass is 9.89. The fourth-order valence-electron chi connectivity index (χ4n) is 3.14. The molecular weight excluding hydrogens is 268 g/mol. The number of nitrogens with zero attached hydrogens (tertiary/aromatic N) is 1. The van der Waals surface area contributed by atoms with Crippen LogP contribution in [0.5, 0.6) is 0 Å². The minimum absolute atomic E-state index is 0.00230.